The Balaban J connectivity index is 1.30. The van der Waals surface area contributed by atoms with E-state index in [-0.39, 0.29) is 23.8 Å². The van der Waals surface area contributed by atoms with Crippen LogP contribution in [0.4, 0.5) is 0 Å². The molecule has 0 spiro atoms. The second-order valence-corrected chi connectivity index (χ2v) is 11.8. The lowest BCUT2D eigenvalue weighted by atomic mass is 9.79. The van der Waals surface area contributed by atoms with Crippen LogP contribution in [0.5, 0.6) is 0 Å². The number of nitrogens with zero attached hydrogens (tertiary/aromatic N) is 2. The molecule has 0 radical (unpaired) electrons. The number of aromatic amines is 1. The highest BCUT2D eigenvalue weighted by Crippen LogP contribution is 2.42. The Morgan fingerprint density at radius 3 is 2.82 bits per heavy atom. The van der Waals surface area contributed by atoms with E-state index in [9.17, 15) is 19.5 Å². The first-order valence-corrected chi connectivity index (χ1v) is 13.3. The van der Waals surface area contributed by atoms with Gasteiger partial charge in [-0.3, -0.25) is 28.9 Å². The van der Waals surface area contributed by atoms with E-state index >= 15 is 0 Å². The second kappa shape index (κ2) is 8.39. The number of H-pyrrole nitrogens is 1. The molecule has 38 heavy (non-hydrogen) atoms. The summed E-state index contributed by atoms with van der Waals surface area (Å²) in [5.41, 5.74) is 2.72. The van der Waals surface area contributed by atoms with Crippen molar-refractivity contribution < 1.29 is 24.2 Å². The van der Waals surface area contributed by atoms with E-state index in [0.717, 1.165) is 28.0 Å². The molecule has 4 N–H and O–H groups in total. The second-order valence-electron chi connectivity index (χ2n) is 11.8. The Kier molecular flexibility index (Phi) is 5.54. The number of carbonyl (C=O) groups is 3. The van der Waals surface area contributed by atoms with Gasteiger partial charge in [-0.25, -0.2) is 0 Å². The number of hydrogen-bond acceptors (Lipinski definition) is 6. The Morgan fingerprint density at radius 2 is 2.08 bits per heavy atom. The van der Waals surface area contributed by atoms with Gasteiger partial charge in [0.25, 0.3) is 11.8 Å². The van der Waals surface area contributed by atoms with Crippen LogP contribution in [0.2, 0.25) is 0 Å². The number of ether oxygens (including phenoxy) is 1. The average Bonchev–Trinajstić information content (AvgIpc) is 3.35. The minimum absolute atomic E-state index is 0.0930. The first kappa shape index (κ1) is 25.1. The fraction of sp³-hybridized carbons (Fsp3) is 0.536. The van der Waals surface area contributed by atoms with Crippen LogP contribution in [-0.4, -0.2) is 81.0 Å². The number of aromatic nitrogens is 1. The third-order valence-corrected chi connectivity index (χ3v) is 8.52. The average molecular weight is 522 g/mol. The third kappa shape index (κ3) is 3.54. The summed E-state index contributed by atoms with van der Waals surface area (Å²) >= 11 is 0. The van der Waals surface area contributed by atoms with Crippen LogP contribution in [0.25, 0.3) is 16.5 Å². The van der Waals surface area contributed by atoms with Gasteiger partial charge in [-0.1, -0.05) is 32.1 Å². The van der Waals surface area contributed by atoms with Crippen LogP contribution in [0.3, 0.4) is 0 Å². The van der Waals surface area contributed by atoms with E-state index < -0.39 is 35.5 Å². The number of fused-ring (bicyclic) bond motifs is 3. The molecule has 1 aromatic carbocycles. The molecule has 4 aliphatic rings. The predicted octanol–water partition coefficient (Wildman–Crippen LogP) is 1.31. The molecule has 0 bridgehead atoms. The summed E-state index contributed by atoms with van der Waals surface area (Å²) in [4.78, 5) is 46.8. The van der Waals surface area contributed by atoms with Crippen LogP contribution in [0, 0.1) is 11.8 Å². The number of benzene rings is 1. The lowest BCUT2D eigenvalue weighted by Crippen LogP contribution is -2.71. The van der Waals surface area contributed by atoms with Gasteiger partial charge >= 0.3 is 0 Å². The highest BCUT2D eigenvalue weighted by molar-refractivity contribution is 6.00. The van der Waals surface area contributed by atoms with Crippen LogP contribution in [0.1, 0.15) is 45.2 Å². The monoisotopic (exact) mass is 521 g/mol. The largest absolute Gasteiger partial charge is 0.361 e. The van der Waals surface area contributed by atoms with Crippen molar-refractivity contribution in [2.75, 3.05) is 13.6 Å². The summed E-state index contributed by atoms with van der Waals surface area (Å²) in [6.07, 6.45) is 5.28. The smallest absolute Gasteiger partial charge is 0.280 e. The molecule has 3 aliphatic heterocycles. The van der Waals surface area contributed by atoms with Crippen LogP contribution < -0.4 is 10.6 Å². The Morgan fingerprint density at radius 1 is 1.32 bits per heavy atom. The van der Waals surface area contributed by atoms with Gasteiger partial charge in [-0.15, -0.1) is 0 Å². The van der Waals surface area contributed by atoms with Crippen molar-refractivity contribution in [3.8, 4) is 0 Å². The first-order chi connectivity index (χ1) is 17.9. The van der Waals surface area contributed by atoms with Crippen molar-refractivity contribution >= 4 is 34.2 Å². The van der Waals surface area contributed by atoms with Crippen LogP contribution in [0.15, 0.2) is 30.5 Å². The summed E-state index contributed by atoms with van der Waals surface area (Å²) in [7, 11) is 2.01. The number of hydrogen-bond donors (Lipinski definition) is 4. The van der Waals surface area contributed by atoms with E-state index in [1.807, 2.05) is 33.0 Å². The molecule has 202 valence electrons. The lowest BCUT2D eigenvalue weighted by molar-refractivity contribution is -0.300. The molecule has 10 nitrogen and oxygen atoms in total. The van der Waals surface area contributed by atoms with Crippen LogP contribution >= 0.6 is 0 Å². The normalized spacial score (nSPS) is 34.7. The fourth-order valence-electron chi connectivity index (χ4n) is 6.63. The van der Waals surface area contributed by atoms with E-state index in [1.54, 1.807) is 6.92 Å². The van der Waals surface area contributed by atoms with Crippen molar-refractivity contribution in [1.82, 2.24) is 25.4 Å². The predicted molar refractivity (Wildman–Crippen MR) is 140 cm³/mol. The highest BCUT2D eigenvalue weighted by Gasteiger charge is 2.66. The minimum Gasteiger partial charge on any atom is -0.361 e. The van der Waals surface area contributed by atoms with Gasteiger partial charge in [-0.05, 0) is 62.4 Å². The summed E-state index contributed by atoms with van der Waals surface area (Å²) in [5, 5.41) is 18.2. The number of nitrogens with one attached hydrogen (secondary N) is 3. The first-order valence-electron chi connectivity index (χ1n) is 13.3. The number of rotatable bonds is 4. The number of amides is 3. The summed E-state index contributed by atoms with van der Waals surface area (Å²) < 4.78 is 5.95. The third-order valence-electron chi connectivity index (χ3n) is 8.52. The lowest BCUT2D eigenvalue weighted by Gasteiger charge is -2.45. The van der Waals surface area contributed by atoms with Crippen molar-refractivity contribution in [3.05, 3.63) is 41.6 Å². The zero-order valence-corrected chi connectivity index (χ0v) is 22.4. The zero-order chi connectivity index (χ0) is 27.1. The topological polar surface area (TPSA) is 127 Å². The Bertz CT molecular complexity index is 1380. The van der Waals surface area contributed by atoms with E-state index in [1.165, 1.54) is 17.9 Å². The van der Waals surface area contributed by atoms with E-state index in [4.69, 9.17) is 4.74 Å². The minimum atomic E-state index is -2.07. The summed E-state index contributed by atoms with van der Waals surface area (Å²) in [5.74, 6) is -3.86. The molecule has 1 aromatic heterocycles. The molecule has 0 unspecified atom stereocenters. The molecule has 2 fully saturated rings. The molecule has 3 amide bonds. The van der Waals surface area contributed by atoms with Gasteiger partial charge in [0.15, 0.2) is 0 Å². The van der Waals surface area contributed by atoms with Gasteiger partial charge in [0.05, 0.1) is 5.92 Å². The molecule has 0 saturated carbocycles. The fourth-order valence-corrected chi connectivity index (χ4v) is 6.63. The Labute approximate surface area is 221 Å². The van der Waals surface area contributed by atoms with Crippen molar-refractivity contribution in [2.45, 2.75) is 70.3 Å². The number of piperazine rings is 1. The summed E-state index contributed by atoms with van der Waals surface area (Å²) in [6, 6.07) is 4.53. The summed E-state index contributed by atoms with van der Waals surface area (Å²) in [6.45, 7) is 7.38. The highest BCUT2D eigenvalue weighted by atomic mass is 16.7. The molecule has 4 heterocycles. The SMILES string of the molecule is CC(C)C[C@H]1C(=O)N[C@@H](C)[C@]2(O)O[C@@](C)(NC(=O)[C@@H]3C=C4c5cccc6[nH]cc(c56)C[C@H]4N(C)C3)C(=O)N12. The Hall–Kier alpha value is -3.21. The number of carbonyl (C=O) groups excluding carboxylic acids is 3. The standard InChI is InChI=1S/C28H35N5O5/c1-14(2)9-22-25(35)30-15(3)28(37)33(22)26(36)27(4,38-28)31-24(34)17-10-19-18-7-6-8-20-23(18)16(12-29-20)11-21(19)32(5)13-17/h6-8,10,12,14-15,17,21-22,29,37H,9,11,13H2,1-5H3,(H,30,35)(H,31,34)/t15-,17+,21+,22-,27+,28-/m0/s1. The zero-order valence-electron chi connectivity index (χ0n) is 22.4. The van der Waals surface area contributed by atoms with Gasteiger partial charge in [0, 0.05) is 29.7 Å². The van der Waals surface area contributed by atoms with Gasteiger partial charge < -0.3 is 20.7 Å². The molecule has 10 heteroatoms. The molecular weight excluding hydrogens is 486 g/mol. The molecular formula is C28H35N5O5. The maximum absolute atomic E-state index is 13.7. The van der Waals surface area contributed by atoms with Gasteiger partial charge in [0.1, 0.15) is 12.1 Å². The van der Waals surface area contributed by atoms with Gasteiger partial charge in [-0.2, -0.15) is 0 Å². The van der Waals surface area contributed by atoms with Crippen molar-refractivity contribution in [2.24, 2.45) is 11.8 Å². The molecule has 2 aromatic rings. The van der Waals surface area contributed by atoms with Gasteiger partial charge in [0.2, 0.25) is 17.5 Å². The van der Waals surface area contributed by atoms with Crippen molar-refractivity contribution in [1.29, 1.82) is 0 Å². The van der Waals surface area contributed by atoms with E-state index in [0.29, 0.717) is 13.0 Å². The maximum Gasteiger partial charge on any atom is 0.280 e. The van der Waals surface area contributed by atoms with Crippen LogP contribution in [-0.2, 0) is 25.5 Å². The van der Waals surface area contributed by atoms with E-state index in [2.05, 4.69) is 38.8 Å². The van der Waals surface area contributed by atoms with Crippen molar-refractivity contribution in [3.63, 3.8) is 0 Å². The molecule has 2 saturated heterocycles. The number of likely N-dealkylation sites (N-methyl/N-ethyl adjacent to an activating group) is 1. The molecule has 1 aliphatic carbocycles. The molecule has 6 rings (SSSR count). The number of aliphatic hydroxyl groups is 1. The quantitative estimate of drug-likeness (QED) is 0.481. The molecule has 6 atom stereocenters. The maximum atomic E-state index is 13.7.